The average Bonchev–Trinajstić information content (AvgIpc) is 3.12. The fourth-order valence-corrected chi connectivity index (χ4v) is 4.39. The highest BCUT2D eigenvalue weighted by Crippen LogP contribution is 2.33. The molecule has 3 aliphatic heterocycles. The van der Waals surface area contributed by atoms with Crippen LogP contribution in [-0.4, -0.2) is 54.3 Å². The summed E-state index contributed by atoms with van der Waals surface area (Å²) in [6.45, 7) is 6.04. The molecule has 0 aromatic heterocycles. The van der Waals surface area contributed by atoms with Crippen LogP contribution in [0.2, 0.25) is 0 Å². The molecule has 0 spiro atoms. The van der Waals surface area contributed by atoms with Crippen molar-refractivity contribution >= 4 is 5.91 Å². The molecule has 0 radical (unpaired) electrons. The molecule has 0 aliphatic carbocycles. The lowest BCUT2D eigenvalue weighted by atomic mass is 9.88. The molecule has 1 aromatic rings. The molecule has 3 atom stereocenters. The normalized spacial score (nSPS) is 30.3. The van der Waals surface area contributed by atoms with Crippen LogP contribution in [0.15, 0.2) is 24.3 Å². The minimum atomic E-state index is -0.0264. The highest BCUT2D eigenvalue weighted by molar-refractivity contribution is 5.78. The van der Waals surface area contributed by atoms with E-state index in [0.29, 0.717) is 12.6 Å². The van der Waals surface area contributed by atoms with Crippen LogP contribution < -0.4 is 0 Å². The second-order valence-corrected chi connectivity index (χ2v) is 7.53. The van der Waals surface area contributed by atoms with E-state index in [1.54, 1.807) is 5.06 Å². The van der Waals surface area contributed by atoms with Crippen molar-refractivity contribution in [1.29, 1.82) is 0 Å². The first-order valence-electron chi connectivity index (χ1n) is 9.57. The molecule has 136 valence electrons. The van der Waals surface area contributed by atoms with Gasteiger partial charge in [0.05, 0.1) is 18.6 Å². The molecule has 0 N–H and O–H groups in total. The summed E-state index contributed by atoms with van der Waals surface area (Å²) in [6, 6.07) is 8.96. The Labute approximate surface area is 149 Å². The van der Waals surface area contributed by atoms with Gasteiger partial charge in [-0.2, -0.15) is 0 Å². The van der Waals surface area contributed by atoms with Gasteiger partial charge in [0, 0.05) is 32.3 Å². The number of hydroxylamine groups is 2. The number of aryl methyl sites for hydroxylation is 1. The molecule has 0 unspecified atom stereocenters. The number of fused-ring (bicyclic) bond motifs is 1. The summed E-state index contributed by atoms with van der Waals surface area (Å²) in [7, 11) is 0. The third-order valence-corrected chi connectivity index (χ3v) is 5.85. The summed E-state index contributed by atoms with van der Waals surface area (Å²) in [5, 5.41) is 1.61. The van der Waals surface area contributed by atoms with Gasteiger partial charge in [-0.15, -0.1) is 0 Å². The number of hydrogen-bond donors (Lipinski definition) is 0. The third kappa shape index (κ3) is 3.59. The van der Waals surface area contributed by atoms with E-state index in [1.165, 1.54) is 11.1 Å². The van der Waals surface area contributed by atoms with Gasteiger partial charge in [0.15, 0.2) is 0 Å². The number of likely N-dealkylation sites (tertiary alicyclic amines) is 1. The fraction of sp³-hybridized carbons (Fsp3) is 0.650. The number of benzene rings is 1. The number of rotatable bonds is 3. The van der Waals surface area contributed by atoms with Crippen LogP contribution in [0.4, 0.5) is 0 Å². The van der Waals surface area contributed by atoms with Crippen LogP contribution in [0.3, 0.4) is 0 Å². The first-order valence-corrected chi connectivity index (χ1v) is 9.57. The van der Waals surface area contributed by atoms with E-state index in [2.05, 4.69) is 36.1 Å². The Balaban J connectivity index is 1.49. The third-order valence-electron chi connectivity index (χ3n) is 5.85. The minimum Gasteiger partial charge on any atom is -0.377 e. The smallest absolute Gasteiger partial charge is 0.250 e. The lowest BCUT2D eigenvalue weighted by Gasteiger charge is -2.42. The summed E-state index contributed by atoms with van der Waals surface area (Å²) >= 11 is 0. The van der Waals surface area contributed by atoms with Crippen molar-refractivity contribution in [2.45, 2.75) is 51.3 Å². The quantitative estimate of drug-likeness (QED) is 0.845. The van der Waals surface area contributed by atoms with Crippen molar-refractivity contribution in [2.75, 3.05) is 26.3 Å². The molecule has 5 nitrogen and oxygen atoms in total. The molecule has 0 saturated carbocycles. The van der Waals surface area contributed by atoms with Crippen LogP contribution >= 0.6 is 0 Å². The second-order valence-electron chi connectivity index (χ2n) is 7.53. The summed E-state index contributed by atoms with van der Waals surface area (Å²) in [5.74, 6) is 0.116. The largest absolute Gasteiger partial charge is 0.377 e. The number of piperidine rings is 1. The van der Waals surface area contributed by atoms with Gasteiger partial charge in [-0.25, -0.2) is 5.06 Å². The Bertz CT molecular complexity index is 615. The number of nitrogens with zero attached hydrogens (tertiary/aromatic N) is 2. The Kier molecular flexibility index (Phi) is 5.06. The topological polar surface area (TPSA) is 42.0 Å². The van der Waals surface area contributed by atoms with Crippen molar-refractivity contribution < 1.29 is 14.4 Å². The molecule has 3 aliphatic rings. The number of carbonyl (C=O) groups excluding carboxylic acids is 1. The summed E-state index contributed by atoms with van der Waals surface area (Å²) in [6.07, 6.45) is 4.15. The molecule has 4 rings (SSSR count). The van der Waals surface area contributed by atoms with E-state index in [4.69, 9.17) is 9.57 Å². The van der Waals surface area contributed by atoms with E-state index in [9.17, 15) is 4.79 Å². The van der Waals surface area contributed by atoms with Gasteiger partial charge in [-0.3, -0.25) is 14.5 Å². The highest BCUT2D eigenvalue weighted by Gasteiger charge is 2.43. The van der Waals surface area contributed by atoms with Gasteiger partial charge < -0.3 is 4.74 Å². The number of carbonyl (C=O) groups is 1. The zero-order valence-electron chi connectivity index (χ0n) is 15.0. The fourth-order valence-electron chi connectivity index (χ4n) is 4.39. The van der Waals surface area contributed by atoms with Crippen LogP contribution in [0.5, 0.6) is 0 Å². The predicted molar refractivity (Wildman–Crippen MR) is 94.7 cm³/mol. The zero-order valence-corrected chi connectivity index (χ0v) is 15.0. The van der Waals surface area contributed by atoms with E-state index in [-0.39, 0.29) is 17.9 Å². The number of ether oxygens (including phenoxy) is 1. The molecule has 3 heterocycles. The van der Waals surface area contributed by atoms with Gasteiger partial charge in [0.2, 0.25) is 0 Å². The zero-order chi connectivity index (χ0) is 17.2. The molecule has 3 fully saturated rings. The number of hydrogen-bond acceptors (Lipinski definition) is 4. The maximum Gasteiger partial charge on any atom is 0.250 e. The monoisotopic (exact) mass is 344 g/mol. The maximum atomic E-state index is 12.9. The molecule has 25 heavy (non-hydrogen) atoms. The van der Waals surface area contributed by atoms with Gasteiger partial charge >= 0.3 is 0 Å². The van der Waals surface area contributed by atoms with Crippen molar-refractivity contribution in [2.24, 2.45) is 5.92 Å². The molecule has 1 amide bonds. The highest BCUT2D eigenvalue weighted by atomic mass is 16.7. The second kappa shape index (κ2) is 7.44. The van der Waals surface area contributed by atoms with Crippen molar-refractivity contribution in [3.05, 3.63) is 35.4 Å². The van der Waals surface area contributed by atoms with E-state index >= 15 is 0 Å². The minimum absolute atomic E-state index is 0.0264. The summed E-state index contributed by atoms with van der Waals surface area (Å²) in [4.78, 5) is 21.0. The van der Waals surface area contributed by atoms with E-state index < -0.39 is 0 Å². The van der Waals surface area contributed by atoms with Crippen molar-refractivity contribution in [3.63, 3.8) is 0 Å². The Hall–Kier alpha value is -1.43. The Morgan fingerprint density at radius 3 is 2.92 bits per heavy atom. The summed E-state index contributed by atoms with van der Waals surface area (Å²) < 4.78 is 5.97. The average molecular weight is 344 g/mol. The Morgan fingerprint density at radius 2 is 2.12 bits per heavy atom. The van der Waals surface area contributed by atoms with Crippen LogP contribution in [0.1, 0.15) is 36.8 Å². The SMILES string of the molecule is Cc1ccccc1CN1C[C@H](C(=O)N2CCCCO2)C[C@@H]2OCC[C@@H]21. The molecular weight excluding hydrogens is 316 g/mol. The Morgan fingerprint density at radius 1 is 1.24 bits per heavy atom. The lowest BCUT2D eigenvalue weighted by Crippen LogP contribution is -2.53. The standard InChI is InChI=1S/C20H28N2O3/c1-15-6-2-3-7-16(15)13-21-14-17(12-19-18(21)8-11-24-19)20(23)22-9-4-5-10-25-22/h2-3,6-7,17-19H,4-5,8-14H2,1H3/t17-,18+,19+/m1/s1. The molecule has 1 aromatic carbocycles. The number of amides is 1. The van der Waals surface area contributed by atoms with E-state index in [0.717, 1.165) is 51.9 Å². The molecule has 0 bridgehead atoms. The summed E-state index contributed by atoms with van der Waals surface area (Å²) in [5.41, 5.74) is 2.65. The van der Waals surface area contributed by atoms with Gasteiger partial charge in [0.25, 0.3) is 5.91 Å². The van der Waals surface area contributed by atoms with E-state index in [1.807, 2.05) is 0 Å². The van der Waals surface area contributed by atoms with Crippen LogP contribution in [0.25, 0.3) is 0 Å². The van der Waals surface area contributed by atoms with Crippen molar-refractivity contribution in [1.82, 2.24) is 9.96 Å². The van der Waals surface area contributed by atoms with Gasteiger partial charge in [-0.1, -0.05) is 24.3 Å². The van der Waals surface area contributed by atoms with Gasteiger partial charge in [0.1, 0.15) is 0 Å². The predicted octanol–water partition coefficient (Wildman–Crippen LogP) is 2.53. The van der Waals surface area contributed by atoms with Crippen LogP contribution in [0, 0.1) is 12.8 Å². The maximum absolute atomic E-state index is 12.9. The molecule has 3 saturated heterocycles. The first-order chi connectivity index (χ1) is 12.2. The van der Waals surface area contributed by atoms with Crippen LogP contribution in [-0.2, 0) is 20.9 Å². The van der Waals surface area contributed by atoms with Crippen molar-refractivity contribution in [3.8, 4) is 0 Å². The molecule has 5 heteroatoms. The molecular formula is C20H28N2O3. The van der Waals surface area contributed by atoms with Gasteiger partial charge in [-0.05, 0) is 43.7 Å². The first kappa shape index (κ1) is 17.0. The lowest BCUT2D eigenvalue weighted by molar-refractivity contribution is -0.204.